The number of thiocarbonyl (C=S) groups is 1. The van der Waals surface area contributed by atoms with Crippen LogP contribution in [-0.2, 0) is 10.0 Å². The van der Waals surface area contributed by atoms with Crippen LogP contribution in [0.4, 0.5) is 5.69 Å². The summed E-state index contributed by atoms with van der Waals surface area (Å²) in [4.78, 5) is 0.0638. The minimum Gasteiger partial charge on any atom is -0.375 e. The average molecular weight is 361 g/mol. The molecule has 110 valence electrons. The standard InChI is InChI=1S/C13H10Cl2N2O2S2/c14-9-6-10(15)8-11(7-9)17(13(16)20)21(18,19)12-4-2-1-3-5-12/h1-8H,(H2,16,20). The SMILES string of the molecule is NC(=S)N(c1cc(Cl)cc(Cl)c1)S(=O)(=O)c1ccccc1. The van der Waals surface area contributed by atoms with E-state index in [4.69, 9.17) is 41.2 Å². The number of hydrogen-bond acceptors (Lipinski definition) is 3. The Labute approximate surface area is 138 Å². The predicted molar refractivity (Wildman–Crippen MR) is 89.4 cm³/mol. The van der Waals surface area contributed by atoms with Crippen LogP contribution in [-0.4, -0.2) is 13.5 Å². The molecule has 0 bridgehead atoms. The zero-order valence-corrected chi connectivity index (χ0v) is 13.7. The fraction of sp³-hybridized carbons (Fsp3) is 0. The number of anilines is 1. The molecule has 0 unspecified atom stereocenters. The molecule has 0 radical (unpaired) electrons. The fourth-order valence-electron chi connectivity index (χ4n) is 1.74. The van der Waals surface area contributed by atoms with Crippen LogP contribution in [0, 0.1) is 0 Å². The monoisotopic (exact) mass is 360 g/mol. The molecule has 2 rings (SSSR count). The van der Waals surface area contributed by atoms with Crippen LogP contribution in [0.5, 0.6) is 0 Å². The van der Waals surface area contributed by atoms with Crippen LogP contribution in [0.15, 0.2) is 53.4 Å². The van der Waals surface area contributed by atoms with Crippen molar-refractivity contribution in [2.45, 2.75) is 4.90 Å². The van der Waals surface area contributed by atoms with Crippen molar-refractivity contribution in [2.24, 2.45) is 5.73 Å². The molecule has 0 saturated carbocycles. The summed E-state index contributed by atoms with van der Waals surface area (Å²) in [5.41, 5.74) is 5.77. The summed E-state index contributed by atoms with van der Waals surface area (Å²) in [6.07, 6.45) is 0. The third-order valence-electron chi connectivity index (χ3n) is 2.56. The van der Waals surface area contributed by atoms with Crippen LogP contribution in [0.2, 0.25) is 10.0 Å². The minimum absolute atomic E-state index is 0.0638. The first kappa shape index (κ1) is 16.0. The first-order chi connectivity index (χ1) is 9.82. The Morgan fingerprint density at radius 2 is 1.57 bits per heavy atom. The van der Waals surface area contributed by atoms with Gasteiger partial charge >= 0.3 is 0 Å². The molecule has 4 nitrogen and oxygen atoms in total. The lowest BCUT2D eigenvalue weighted by Crippen LogP contribution is -2.40. The van der Waals surface area contributed by atoms with Gasteiger partial charge in [-0.25, -0.2) is 12.7 Å². The lowest BCUT2D eigenvalue weighted by molar-refractivity contribution is 0.597. The Balaban J connectivity index is 2.62. The number of benzene rings is 2. The van der Waals surface area contributed by atoms with Gasteiger partial charge in [-0.15, -0.1) is 0 Å². The summed E-state index contributed by atoms with van der Waals surface area (Å²) in [7, 11) is -3.94. The van der Waals surface area contributed by atoms with E-state index in [2.05, 4.69) is 0 Å². The highest BCUT2D eigenvalue weighted by atomic mass is 35.5. The first-order valence-corrected chi connectivity index (χ1v) is 8.28. The lowest BCUT2D eigenvalue weighted by atomic mass is 10.3. The van der Waals surface area contributed by atoms with E-state index < -0.39 is 10.0 Å². The lowest BCUT2D eigenvalue weighted by Gasteiger charge is -2.23. The Bertz CT molecular complexity index is 760. The van der Waals surface area contributed by atoms with Gasteiger partial charge < -0.3 is 5.73 Å². The highest BCUT2D eigenvalue weighted by Crippen LogP contribution is 2.29. The van der Waals surface area contributed by atoms with Crippen LogP contribution in [0.1, 0.15) is 0 Å². The molecule has 0 spiro atoms. The third-order valence-corrected chi connectivity index (χ3v) is 5.05. The maximum absolute atomic E-state index is 12.7. The van der Waals surface area contributed by atoms with Crippen molar-refractivity contribution in [3.05, 3.63) is 58.6 Å². The van der Waals surface area contributed by atoms with Crippen molar-refractivity contribution in [1.29, 1.82) is 0 Å². The van der Waals surface area contributed by atoms with Gasteiger partial charge in [-0.1, -0.05) is 41.4 Å². The predicted octanol–water partition coefficient (Wildman–Crippen LogP) is 3.43. The number of sulfonamides is 1. The number of halogens is 2. The van der Waals surface area contributed by atoms with Crippen LogP contribution in [0.25, 0.3) is 0 Å². The number of nitrogens with two attached hydrogens (primary N) is 1. The molecule has 0 atom stereocenters. The molecule has 2 N–H and O–H groups in total. The largest absolute Gasteiger partial charge is 0.375 e. The van der Waals surface area contributed by atoms with E-state index in [1.54, 1.807) is 18.2 Å². The molecule has 0 aromatic heterocycles. The topological polar surface area (TPSA) is 63.4 Å². The molecule has 2 aromatic carbocycles. The van der Waals surface area contributed by atoms with Gasteiger partial charge in [0.05, 0.1) is 10.6 Å². The average Bonchev–Trinajstić information content (AvgIpc) is 2.37. The van der Waals surface area contributed by atoms with Crippen LogP contribution < -0.4 is 10.0 Å². The summed E-state index contributed by atoms with van der Waals surface area (Å²) in [5.74, 6) is 0. The molecule has 2 aromatic rings. The first-order valence-electron chi connectivity index (χ1n) is 5.68. The zero-order valence-electron chi connectivity index (χ0n) is 10.5. The van der Waals surface area contributed by atoms with E-state index >= 15 is 0 Å². The van der Waals surface area contributed by atoms with E-state index in [9.17, 15) is 8.42 Å². The summed E-state index contributed by atoms with van der Waals surface area (Å²) in [6, 6.07) is 12.2. The second-order valence-electron chi connectivity index (χ2n) is 4.05. The van der Waals surface area contributed by atoms with Crippen LogP contribution in [0.3, 0.4) is 0 Å². The van der Waals surface area contributed by atoms with E-state index in [0.29, 0.717) is 0 Å². The second kappa shape index (κ2) is 6.19. The molecule has 0 fully saturated rings. The van der Waals surface area contributed by atoms with Gasteiger partial charge in [0.1, 0.15) is 0 Å². The Morgan fingerprint density at radius 3 is 2.05 bits per heavy atom. The van der Waals surface area contributed by atoms with Crippen molar-refractivity contribution >= 4 is 56.2 Å². The molecule has 0 aliphatic heterocycles. The number of rotatable bonds is 3. The third kappa shape index (κ3) is 3.47. The maximum Gasteiger partial charge on any atom is 0.270 e. The molecule has 0 heterocycles. The highest BCUT2D eigenvalue weighted by Gasteiger charge is 2.27. The molecule has 21 heavy (non-hydrogen) atoms. The molecule has 0 saturated heterocycles. The van der Waals surface area contributed by atoms with E-state index in [0.717, 1.165) is 4.31 Å². The molecule has 0 aliphatic carbocycles. The Morgan fingerprint density at radius 1 is 1.05 bits per heavy atom. The summed E-state index contributed by atoms with van der Waals surface area (Å²) in [5, 5.41) is 0.237. The van der Waals surface area contributed by atoms with Crippen molar-refractivity contribution in [3.8, 4) is 0 Å². The van der Waals surface area contributed by atoms with Crippen molar-refractivity contribution < 1.29 is 8.42 Å². The van der Waals surface area contributed by atoms with Gasteiger partial charge in [0.15, 0.2) is 5.11 Å². The molecule has 0 aliphatic rings. The quantitative estimate of drug-likeness (QED) is 0.851. The summed E-state index contributed by atoms with van der Waals surface area (Å²) >= 11 is 16.7. The van der Waals surface area contributed by atoms with Gasteiger partial charge in [-0.3, -0.25) is 0 Å². The Kier molecular flexibility index (Phi) is 4.73. The van der Waals surface area contributed by atoms with E-state index in [1.807, 2.05) is 0 Å². The van der Waals surface area contributed by atoms with Crippen molar-refractivity contribution in [2.75, 3.05) is 4.31 Å². The second-order valence-corrected chi connectivity index (χ2v) is 7.13. The van der Waals surface area contributed by atoms with Gasteiger partial charge in [-0.05, 0) is 42.5 Å². The zero-order chi connectivity index (χ0) is 15.6. The van der Waals surface area contributed by atoms with Gasteiger partial charge in [0.25, 0.3) is 10.0 Å². The minimum atomic E-state index is -3.94. The van der Waals surface area contributed by atoms with Gasteiger partial charge in [0.2, 0.25) is 0 Å². The molecular formula is C13H10Cl2N2O2S2. The summed E-state index contributed by atoms with van der Waals surface area (Å²) < 4.78 is 26.2. The van der Waals surface area contributed by atoms with E-state index in [-0.39, 0.29) is 25.7 Å². The molecule has 8 heteroatoms. The van der Waals surface area contributed by atoms with Crippen LogP contribution >= 0.6 is 35.4 Å². The smallest absolute Gasteiger partial charge is 0.270 e. The van der Waals surface area contributed by atoms with Gasteiger partial charge in [0, 0.05) is 10.0 Å². The van der Waals surface area contributed by atoms with Crippen molar-refractivity contribution in [1.82, 2.24) is 0 Å². The van der Waals surface area contributed by atoms with Gasteiger partial charge in [-0.2, -0.15) is 0 Å². The number of hydrogen-bond donors (Lipinski definition) is 1. The maximum atomic E-state index is 12.7. The molecule has 0 amide bonds. The Hall–Kier alpha value is -1.34. The summed E-state index contributed by atoms with van der Waals surface area (Å²) in [6.45, 7) is 0. The molecular weight excluding hydrogens is 351 g/mol. The fourth-order valence-corrected chi connectivity index (χ4v) is 3.98. The van der Waals surface area contributed by atoms with Crippen molar-refractivity contribution in [3.63, 3.8) is 0 Å². The number of nitrogens with zero attached hydrogens (tertiary/aromatic N) is 1. The highest BCUT2D eigenvalue weighted by molar-refractivity contribution is 7.95. The van der Waals surface area contributed by atoms with E-state index in [1.165, 1.54) is 30.3 Å². The normalized spacial score (nSPS) is 11.1.